The predicted octanol–water partition coefficient (Wildman–Crippen LogP) is 3.35. The summed E-state index contributed by atoms with van der Waals surface area (Å²) in [4.78, 5) is 13.3. The normalized spacial score (nSPS) is 10.3. The highest BCUT2D eigenvalue weighted by molar-refractivity contribution is 7.98. The molecule has 0 saturated carbocycles. The topological polar surface area (TPSA) is 38.3 Å². The maximum absolute atomic E-state index is 11.9. The van der Waals surface area contributed by atoms with Gasteiger partial charge < -0.3 is 10.1 Å². The Bertz CT molecular complexity index is 555. The number of benzene rings is 1. The van der Waals surface area contributed by atoms with Crippen LogP contribution in [-0.4, -0.2) is 25.3 Å². The van der Waals surface area contributed by atoms with Crippen molar-refractivity contribution >= 4 is 29.0 Å². The Kier molecular flexibility index (Phi) is 6.63. The molecule has 0 spiro atoms. The van der Waals surface area contributed by atoms with Gasteiger partial charge >= 0.3 is 0 Å². The molecule has 0 bridgehead atoms. The monoisotopic (exact) mass is 321 g/mol. The molecular formula is C16H19NO2S2. The van der Waals surface area contributed by atoms with E-state index in [0.29, 0.717) is 13.0 Å². The zero-order valence-corrected chi connectivity index (χ0v) is 13.6. The van der Waals surface area contributed by atoms with Gasteiger partial charge in [0.1, 0.15) is 5.75 Å². The lowest BCUT2D eigenvalue weighted by Crippen LogP contribution is -2.27. The van der Waals surface area contributed by atoms with Crippen molar-refractivity contribution in [2.45, 2.75) is 12.2 Å². The predicted molar refractivity (Wildman–Crippen MR) is 90.2 cm³/mol. The van der Waals surface area contributed by atoms with Crippen LogP contribution in [0.4, 0.5) is 0 Å². The molecule has 1 aromatic heterocycles. The lowest BCUT2D eigenvalue weighted by atomic mass is 10.1. The molecule has 0 aliphatic heterocycles. The second kappa shape index (κ2) is 8.74. The van der Waals surface area contributed by atoms with E-state index in [0.717, 1.165) is 22.8 Å². The first-order chi connectivity index (χ1) is 10.3. The minimum atomic E-state index is 0.0382. The van der Waals surface area contributed by atoms with Crippen LogP contribution in [0.15, 0.2) is 41.8 Å². The summed E-state index contributed by atoms with van der Waals surface area (Å²) in [5.74, 6) is 2.74. The molecule has 0 aliphatic carbocycles. The second-order valence-corrected chi connectivity index (χ2v) is 6.61. The van der Waals surface area contributed by atoms with Crippen LogP contribution in [0.3, 0.4) is 0 Å². The summed E-state index contributed by atoms with van der Waals surface area (Å²) < 4.78 is 5.25. The molecule has 0 radical (unpaired) electrons. The summed E-state index contributed by atoms with van der Waals surface area (Å²) >= 11 is 3.61. The lowest BCUT2D eigenvalue weighted by molar-refractivity contribution is -0.120. The highest BCUT2D eigenvalue weighted by Crippen LogP contribution is 2.18. The molecule has 0 aliphatic rings. The van der Waals surface area contributed by atoms with Crippen LogP contribution >= 0.6 is 23.1 Å². The zero-order valence-electron chi connectivity index (χ0n) is 12.0. The van der Waals surface area contributed by atoms with Gasteiger partial charge in [-0.3, -0.25) is 4.79 Å². The number of methoxy groups -OCH3 is 1. The largest absolute Gasteiger partial charge is 0.496 e. The van der Waals surface area contributed by atoms with E-state index in [4.69, 9.17) is 4.74 Å². The smallest absolute Gasteiger partial charge is 0.224 e. The maximum Gasteiger partial charge on any atom is 0.224 e. The molecule has 112 valence electrons. The van der Waals surface area contributed by atoms with E-state index >= 15 is 0 Å². The van der Waals surface area contributed by atoms with Gasteiger partial charge in [-0.1, -0.05) is 24.3 Å². The minimum absolute atomic E-state index is 0.0382. The Balaban J connectivity index is 1.65. The van der Waals surface area contributed by atoms with Gasteiger partial charge in [-0.2, -0.15) is 11.8 Å². The number of carbonyl (C=O) groups excluding carboxylic acids is 1. The summed E-state index contributed by atoms with van der Waals surface area (Å²) in [6.07, 6.45) is 0.361. The molecule has 2 aromatic rings. The van der Waals surface area contributed by atoms with E-state index < -0.39 is 0 Å². The van der Waals surface area contributed by atoms with Gasteiger partial charge in [-0.25, -0.2) is 0 Å². The van der Waals surface area contributed by atoms with Crippen LogP contribution in [0, 0.1) is 0 Å². The fourth-order valence-electron chi connectivity index (χ4n) is 1.91. The molecule has 21 heavy (non-hydrogen) atoms. The highest BCUT2D eigenvalue weighted by atomic mass is 32.2. The quantitative estimate of drug-likeness (QED) is 0.758. The first-order valence-electron chi connectivity index (χ1n) is 6.78. The van der Waals surface area contributed by atoms with Crippen molar-refractivity contribution in [2.75, 3.05) is 19.4 Å². The fourth-order valence-corrected chi connectivity index (χ4v) is 3.61. The third kappa shape index (κ3) is 5.44. The average molecular weight is 321 g/mol. The molecule has 0 saturated heterocycles. The SMILES string of the molecule is COc1ccccc1CC(=O)NCCSCc1cccs1. The Morgan fingerprint density at radius 1 is 1.29 bits per heavy atom. The summed E-state index contributed by atoms with van der Waals surface area (Å²) in [6.45, 7) is 0.698. The molecule has 3 nitrogen and oxygen atoms in total. The number of hydrogen-bond donors (Lipinski definition) is 1. The number of ether oxygens (including phenoxy) is 1. The molecule has 2 rings (SSSR count). The van der Waals surface area contributed by atoms with Gasteiger partial charge in [-0.05, 0) is 17.5 Å². The Hall–Kier alpha value is -1.46. The molecule has 1 aromatic carbocycles. The highest BCUT2D eigenvalue weighted by Gasteiger charge is 2.07. The van der Waals surface area contributed by atoms with Crippen molar-refractivity contribution < 1.29 is 9.53 Å². The Labute approximate surface area is 133 Å². The van der Waals surface area contributed by atoms with Crippen molar-refractivity contribution in [1.29, 1.82) is 0 Å². The van der Waals surface area contributed by atoms with E-state index in [1.54, 1.807) is 18.4 Å². The number of nitrogens with one attached hydrogen (secondary N) is 1. The van der Waals surface area contributed by atoms with Crippen LogP contribution in [0.5, 0.6) is 5.75 Å². The number of carbonyl (C=O) groups is 1. The van der Waals surface area contributed by atoms with Crippen molar-refractivity contribution in [3.63, 3.8) is 0 Å². The van der Waals surface area contributed by atoms with Crippen LogP contribution in [0.2, 0.25) is 0 Å². The summed E-state index contributed by atoms with van der Waals surface area (Å²) in [5.41, 5.74) is 0.920. The molecule has 1 amide bonds. The van der Waals surface area contributed by atoms with E-state index in [2.05, 4.69) is 22.8 Å². The van der Waals surface area contributed by atoms with Gasteiger partial charge in [0.25, 0.3) is 0 Å². The van der Waals surface area contributed by atoms with Gasteiger partial charge in [-0.15, -0.1) is 11.3 Å². The molecular weight excluding hydrogens is 302 g/mol. The minimum Gasteiger partial charge on any atom is -0.496 e. The van der Waals surface area contributed by atoms with Crippen LogP contribution in [0.25, 0.3) is 0 Å². The first kappa shape index (κ1) is 15.9. The van der Waals surface area contributed by atoms with E-state index in [-0.39, 0.29) is 5.91 Å². The molecule has 0 unspecified atom stereocenters. The van der Waals surface area contributed by atoms with Crippen LogP contribution in [-0.2, 0) is 17.0 Å². The van der Waals surface area contributed by atoms with Crippen LogP contribution in [0.1, 0.15) is 10.4 Å². The number of thiophene rings is 1. The number of rotatable bonds is 8. The summed E-state index contributed by atoms with van der Waals surface area (Å²) in [5, 5.41) is 5.04. The number of thioether (sulfide) groups is 1. The molecule has 1 heterocycles. The third-order valence-corrected chi connectivity index (χ3v) is 5.00. The van der Waals surface area contributed by atoms with Gasteiger partial charge in [0.05, 0.1) is 13.5 Å². The van der Waals surface area contributed by atoms with E-state index in [1.807, 2.05) is 36.0 Å². The summed E-state index contributed by atoms with van der Waals surface area (Å²) in [7, 11) is 1.62. The molecule has 0 fully saturated rings. The van der Waals surface area contributed by atoms with Gasteiger partial charge in [0, 0.05) is 28.5 Å². The average Bonchev–Trinajstić information content (AvgIpc) is 3.01. The second-order valence-electron chi connectivity index (χ2n) is 4.47. The van der Waals surface area contributed by atoms with Crippen LogP contribution < -0.4 is 10.1 Å². The van der Waals surface area contributed by atoms with E-state index in [9.17, 15) is 4.79 Å². The van der Waals surface area contributed by atoms with Crippen molar-refractivity contribution in [2.24, 2.45) is 0 Å². The zero-order chi connectivity index (χ0) is 14.9. The van der Waals surface area contributed by atoms with Crippen molar-refractivity contribution in [1.82, 2.24) is 5.32 Å². The number of para-hydroxylation sites is 1. The van der Waals surface area contributed by atoms with Crippen molar-refractivity contribution in [3.05, 3.63) is 52.2 Å². The number of hydrogen-bond acceptors (Lipinski definition) is 4. The Morgan fingerprint density at radius 3 is 2.90 bits per heavy atom. The van der Waals surface area contributed by atoms with Crippen molar-refractivity contribution in [3.8, 4) is 5.75 Å². The van der Waals surface area contributed by atoms with Gasteiger partial charge in [0.2, 0.25) is 5.91 Å². The molecule has 0 atom stereocenters. The molecule has 5 heteroatoms. The maximum atomic E-state index is 11.9. The fraction of sp³-hybridized carbons (Fsp3) is 0.312. The Morgan fingerprint density at radius 2 is 2.14 bits per heavy atom. The third-order valence-electron chi connectivity index (χ3n) is 2.94. The lowest BCUT2D eigenvalue weighted by Gasteiger charge is -2.08. The van der Waals surface area contributed by atoms with E-state index in [1.165, 1.54) is 4.88 Å². The summed E-state index contributed by atoms with van der Waals surface area (Å²) in [6, 6.07) is 11.8. The van der Waals surface area contributed by atoms with Gasteiger partial charge in [0.15, 0.2) is 0 Å². The molecule has 1 N–H and O–H groups in total. The standard InChI is InChI=1S/C16H19NO2S2/c1-19-15-7-3-2-5-13(15)11-16(18)17-8-10-20-12-14-6-4-9-21-14/h2-7,9H,8,10-12H2,1H3,(H,17,18). The number of amides is 1. The first-order valence-corrected chi connectivity index (χ1v) is 8.81.